The minimum Gasteiger partial charge on any atom is -0.486 e. The molecule has 1 aromatic carbocycles. The fourth-order valence-corrected chi connectivity index (χ4v) is 3.48. The van der Waals surface area contributed by atoms with Gasteiger partial charge in [0, 0.05) is 9.90 Å². The number of carboxylic acid groups (broad SMARTS) is 1. The second-order valence-electron chi connectivity index (χ2n) is 4.57. The minimum absolute atomic E-state index is 0.0709. The standard InChI is InChI=1S/C14H12ClNO3S/c15-8-4-5-11(9(6-8)14(17)18)19-7-13-16-10-2-1-3-12(10)20-13/h4-6H,1-3,7H2,(H,17,18). The summed E-state index contributed by atoms with van der Waals surface area (Å²) >= 11 is 7.45. The monoisotopic (exact) mass is 309 g/mol. The van der Waals surface area contributed by atoms with Crippen LogP contribution in [0.4, 0.5) is 0 Å². The first-order valence-electron chi connectivity index (χ1n) is 6.26. The van der Waals surface area contributed by atoms with Gasteiger partial charge >= 0.3 is 5.97 Å². The summed E-state index contributed by atoms with van der Waals surface area (Å²) in [4.78, 5) is 17.0. The molecule has 0 amide bonds. The number of aromatic carboxylic acids is 1. The zero-order valence-corrected chi connectivity index (χ0v) is 12.1. The Hall–Kier alpha value is -1.59. The number of aryl methyl sites for hydroxylation is 2. The molecular formula is C14H12ClNO3S. The summed E-state index contributed by atoms with van der Waals surface area (Å²) < 4.78 is 5.58. The van der Waals surface area contributed by atoms with Crippen LogP contribution < -0.4 is 4.74 Å². The van der Waals surface area contributed by atoms with Crippen LogP contribution >= 0.6 is 22.9 Å². The van der Waals surface area contributed by atoms with Crippen LogP contribution in [-0.4, -0.2) is 16.1 Å². The van der Waals surface area contributed by atoms with Crippen LogP contribution in [0.2, 0.25) is 5.02 Å². The molecule has 0 saturated carbocycles. The lowest BCUT2D eigenvalue weighted by Crippen LogP contribution is -2.03. The lowest BCUT2D eigenvalue weighted by atomic mass is 10.2. The number of fused-ring (bicyclic) bond motifs is 1. The summed E-state index contributed by atoms with van der Waals surface area (Å²) in [6, 6.07) is 4.58. The van der Waals surface area contributed by atoms with Crippen molar-refractivity contribution in [1.29, 1.82) is 0 Å². The molecule has 1 aromatic heterocycles. The minimum atomic E-state index is -1.05. The number of nitrogens with zero attached hydrogens (tertiary/aromatic N) is 1. The number of hydrogen-bond donors (Lipinski definition) is 1. The third-order valence-electron chi connectivity index (χ3n) is 3.16. The second kappa shape index (κ2) is 5.42. The lowest BCUT2D eigenvalue weighted by Gasteiger charge is -2.08. The molecule has 4 nitrogen and oxygen atoms in total. The van der Waals surface area contributed by atoms with Crippen molar-refractivity contribution in [2.75, 3.05) is 0 Å². The van der Waals surface area contributed by atoms with E-state index in [0.717, 1.165) is 17.8 Å². The van der Waals surface area contributed by atoms with E-state index in [9.17, 15) is 4.79 Å². The van der Waals surface area contributed by atoms with Crippen LogP contribution in [0.1, 0.15) is 32.4 Å². The molecule has 0 spiro atoms. The molecule has 0 atom stereocenters. The van der Waals surface area contributed by atoms with Crippen molar-refractivity contribution < 1.29 is 14.6 Å². The van der Waals surface area contributed by atoms with E-state index in [1.165, 1.54) is 23.1 Å². The van der Waals surface area contributed by atoms with Crippen molar-refractivity contribution in [2.45, 2.75) is 25.9 Å². The first-order valence-corrected chi connectivity index (χ1v) is 7.46. The third-order valence-corrected chi connectivity index (χ3v) is 4.53. The molecule has 6 heteroatoms. The van der Waals surface area contributed by atoms with E-state index in [1.807, 2.05) is 0 Å². The normalized spacial score (nSPS) is 13.2. The molecule has 0 saturated heterocycles. The predicted octanol–water partition coefficient (Wildman–Crippen LogP) is 3.56. The van der Waals surface area contributed by atoms with Crippen LogP contribution in [0, 0.1) is 0 Å². The Morgan fingerprint density at radius 2 is 2.30 bits per heavy atom. The molecular weight excluding hydrogens is 298 g/mol. The van der Waals surface area contributed by atoms with Gasteiger partial charge in [0.25, 0.3) is 0 Å². The van der Waals surface area contributed by atoms with Crippen molar-refractivity contribution >= 4 is 28.9 Å². The van der Waals surface area contributed by atoms with Gasteiger partial charge in [-0.15, -0.1) is 11.3 Å². The summed E-state index contributed by atoms with van der Waals surface area (Å²) in [5.74, 6) is -0.735. The number of carbonyl (C=O) groups is 1. The van der Waals surface area contributed by atoms with Crippen molar-refractivity contribution in [1.82, 2.24) is 4.98 Å². The van der Waals surface area contributed by atoms with Crippen molar-refractivity contribution in [3.63, 3.8) is 0 Å². The molecule has 1 N–H and O–H groups in total. The Bertz CT molecular complexity index is 647. The average molecular weight is 310 g/mol. The van der Waals surface area contributed by atoms with Gasteiger partial charge in [0.15, 0.2) is 0 Å². The van der Waals surface area contributed by atoms with Crippen LogP contribution in [0.25, 0.3) is 0 Å². The smallest absolute Gasteiger partial charge is 0.339 e. The molecule has 3 rings (SSSR count). The summed E-state index contributed by atoms with van der Waals surface area (Å²) in [7, 11) is 0. The molecule has 0 aliphatic heterocycles. The summed E-state index contributed by atoms with van der Waals surface area (Å²) in [5.41, 5.74) is 1.24. The Labute approximate surface area is 125 Å². The number of ether oxygens (including phenoxy) is 1. The number of aromatic nitrogens is 1. The van der Waals surface area contributed by atoms with Gasteiger partial charge in [-0.3, -0.25) is 0 Å². The number of thiazole rings is 1. The van der Waals surface area contributed by atoms with Gasteiger partial charge in [-0.2, -0.15) is 0 Å². The maximum Gasteiger partial charge on any atom is 0.339 e. The van der Waals surface area contributed by atoms with Gasteiger partial charge < -0.3 is 9.84 Å². The van der Waals surface area contributed by atoms with Crippen LogP contribution in [0.5, 0.6) is 5.75 Å². The molecule has 1 aliphatic carbocycles. The number of carboxylic acids is 1. The lowest BCUT2D eigenvalue weighted by molar-refractivity contribution is 0.0691. The van der Waals surface area contributed by atoms with E-state index in [4.69, 9.17) is 21.4 Å². The SMILES string of the molecule is O=C(O)c1cc(Cl)ccc1OCc1nc2c(s1)CCC2. The highest BCUT2D eigenvalue weighted by molar-refractivity contribution is 7.11. The van der Waals surface area contributed by atoms with Gasteiger partial charge in [0.2, 0.25) is 0 Å². The quantitative estimate of drug-likeness (QED) is 0.938. The fraction of sp³-hybridized carbons (Fsp3) is 0.286. The molecule has 0 fully saturated rings. The fourth-order valence-electron chi connectivity index (χ4n) is 2.24. The molecule has 20 heavy (non-hydrogen) atoms. The molecule has 0 bridgehead atoms. The Kier molecular flexibility index (Phi) is 3.63. The number of halogens is 1. The zero-order valence-electron chi connectivity index (χ0n) is 10.6. The van der Waals surface area contributed by atoms with Crippen LogP contribution in [0.15, 0.2) is 18.2 Å². The van der Waals surface area contributed by atoms with Crippen LogP contribution in [-0.2, 0) is 19.4 Å². The molecule has 1 aliphatic rings. The zero-order chi connectivity index (χ0) is 14.1. The van der Waals surface area contributed by atoms with Crippen molar-refractivity contribution in [3.05, 3.63) is 44.4 Å². The molecule has 0 unspecified atom stereocenters. The molecule has 1 heterocycles. The Morgan fingerprint density at radius 1 is 1.45 bits per heavy atom. The van der Waals surface area contributed by atoms with Gasteiger partial charge in [0.1, 0.15) is 22.9 Å². The second-order valence-corrected chi connectivity index (χ2v) is 6.17. The third kappa shape index (κ3) is 2.64. The average Bonchev–Trinajstić information content (AvgIpc) is 2.97. The van der Waals surface area contributed by atoms with E-state index >= 15 is 0 Å². The Balaban J connectivity index is 1.76. The van der Waals surface area contributed by atoms with E-state index in [1.54, 1.807) is 23.5 Å². The largest absolute Gasteiger partial charge is 0.486 e. The van der Waals surface area contributed by atoms with Gasteiger partial charge in [0.05, 0.1) is 5.69 Å². The molecule has 2 aromatic rings. The van der Waals surface area contributed by atoms with E-state index < -0.39 is 5.97 Å². The maximum absolute atomic E-state index is 11.1. The van der Waals surface area contributed by atoms with Gasteiger partial charge in [-0.1, -0.05) is 11.6 Å². The summed E-state index contributed by atoms with van der Waals surface area (Å²) in [6.45, 7) is 0.291. The van der Waals surface area contributed by atoms with E-state index in [-0.39, 0.29) is 5.56 Å². The first-order chi connectivity index (χ1) is 9.63. The predicted molar refractivity (Wildman–Crippen MR) is 76.9 cm³/mol. The van der Waals surface area contributed by atoms with Crippen LogP contribution in [0.3, 0.4) is 0 Å². The number of benzene rings is 1. The maximum atomic E-state index is 11.1. The van der Waals surface area contributed by atoms with Crippen molar-refractivity contribution in [3.8, 4) is 5.75 Å². The molecule has 0 radical (unpaired) electrons. The summed E-state index contributed by atoms with van der Waals surface area (Å²) in [6.07, 6.45) is 3.30. The van der Waals surface area contributed by atoms with E-state index in [0.29, 0.717) is 17.4 Å². The van der Waals surface area contributed by atoms with Gasteiger partial charge in [-0.05, 0) is 37.5 Å². The first kappa shape index (κ1) is 13.4. The summed E-state index contributed by atoms with van der Waals surface area (Å²) in [5, 5.41) is 10.4. The molecule has 104 valence electrons. The highest BCUT2D eigenvalue weighted by atomic mass is 35.5. The number of hydrogen-bond acceptors (Lipinski definition) is 4. The number of rotatable bonds is 4. The highest BCUT2D eigenvalue weighted by Crippen LogP contribution is 2.29. The van der Waals surface area contributed by atoms with Crippen molar-refractivity contribution in [2.24, 2.45) is 0 Å². The Morgan fingerprint density at radius 3 is 3.05 bits per heavy atom. The van der Waals surface area contributed by atoms with Gasteiger partial charge in [-0.25, -0.2) is 9.78 Å². The topological polar surface area (TPSA) is 59.4 Å². The highest BCUT2D eigenvalue weighted by Gasteiger charge is 2.18. The van der Waals surface area contributed by atoms with E-state index in [2.05, 4.69) is 4.98 Å².